The fourth-order valence-electron chi connectivity index (χ4n) is 3.83. The molecular formula is C21H24N4O2. The number of carbonyl (C=O) groups is 1. The largest absolute Gasteiger partial charge is 0.391 e. The summed E-state index contributed by atoms with van der Waals surface area (Å²) in [6.07, 6.45) is 0.114. The summed E-state index contributed by atoms with van der Waals surface area (Å²) < 4.78 is 1.72. The van der Waals surface area contributed by atoms with Crippen LogP contribution in [0.25, 0.3) is 10.9 Å². The molecule has 1 aliphatic heterocycles. The van der Waals surface area contributed by atoms with Crippen molar-refractivity contribution in [1.29, 1.82) is 0 Å². The number of nitrogens with zero attached hydrogens (tertiary/aromatic N) is 4. The first-order valence-corrected chi connectivity index (χ1v) is 9.41. The molecule has 3 aromatic rings. The summed E-state index contributed by atoms with van der Waals surface area (Å²) in [6.45, 7) is 5.38. The number of benzene rings is 1. The molecule has 0 radical (unpaired) electrons. The first-order valence-electron chi connectivity index (χ1n) is 9.41. The van der Waals surface area contributed by atoms with Crippen LogP contribution in [-0.2, 0) is 13.0 Å². The molecule has 1 saturated heterocycles. The van der Waals surface area contributed by atoms with Crippen molar-refractivity contribution in [3.63, 3.8) is 0 Å². The van der Waals surface area contributed by atoms with E-state index in [1.165, 1.54) is 0 Å². The van der Waals surface area contributed by atoms with Crippen LogP contribution in [-0.4, -0.2) is 49.9 Å². The van der Waals surface area contributed by atoms with Gasteiger partial charge in [-0.05, 0) is 38.5 Å². The zero-order chi connectivity index (χ0) is 19.0. The number of para-hydroxylation sites is 1. The number of amides is 1. The number of pyridine rings is 1. The monoisotopic (exact) mass is 364 g/mol. The van der Waals surface area contributed by atoms with Gasteiger partial charge in [-0.3, -0.25) is 14.5 Å². The van der Waals surface area contributed by atoms with Gasteiger partial charge in [-0.25, -0.2) is 0 Å². The molecule has 3 heterocycles. The van der Waals surface area contributed by atoms with Crippen molar-refractivity contribution in [1.82, 2.24) is 19.7 Å². The van der Waals surface area contributed by atoms with Gasteiger partial charge in [-0.1, -0.05) is 24.3 Å². The lowest BCUT2D eigenvalue weighted by Gasteiger charge is -2.16. The Balaban J connectivity index is 1.49. The van der Waals surface area contributed by atoms with Crippen LogP contribution in [0, 0.1) is 12.8 Å². The van der Waals surface area contributed by atoms with Crippen molar-refractivity contribution in [3.8, 4) is 0 Å². The highest BCUT2D eigenvalue weighted by Crippen LogP contribution is 2.24. The Labute approximate surface area is 158 Å². The number of hydrogen-bond acceptors (Lipinski definition) is 4. The molecule has 6 nitrogen and oxygen atoms in total. The van der Waals surface area contributed by atoms with E-state index < -0.39 is 6.10 Å². The summed E-state index contributed by atoms with van der Waals surface area (Å²) in [6, 6.07) is 13.9. The van der Waals surface area contributed by atoms with Gasteiger partial charge >= 0.3 is 0 Å². The third kappa shape index (κ3) is 3.45. The highest BCUT2D eigenvalue weighted by molar-refractivity contribution is 5.93. The van der Waals surface area contributed by atoms with Crippen LogP contribution in [0.3, 0.4) is 0 Å². The Kier molecular flexibility index (Phi) is 4.66. The Morgan fingerprint density at radius 2 is 2.04 bits per heavy atom. The molecule has 27 heavy (non-hydrogen) atoms. The maximum absolute atomic E-state index is 12.9. The van der Waals surface area contributed by atoms with Gasteiger partial charge in [0, 0.05) is 36.6 Å². The topological polar surface area (TPSA) is 71.2 Å². The number of likely N-dealkylation sites (tertiary alicyclic amines) is 1. The number of fused-ring (bicyclic) bond motifs is 1. The molecule has 0 spiro atoms. The van der Waals surface area contributed by atoms with Crippen molar-refractivity contribution in [2.24, 2.45) is 5.92 Å². The van der Waals surface area contributed by atoms with Gasteiger partial charge < -0.3 is 10.0 Å². The predicted molar refractivity (Wildman–Crippen MR) is 103 cm³/mol. The second-order valence-corrected chi connectivity index (χ2v) is 7.22. The molecule has 1 amide bonds. The fraction of sp³-hybridized carbons (Fsp3) is 0.381. The van der Waals surface area contributed by atoms with Crippen molar-refractivity contribution in [2.45, 2.75) is 32.9 Å². The number of aliphatic hydroxyl groups is 1. The van der Waals surface area contributed by atoms with Crippen LogP contribution in [0.5, 0.6) is 0 Å². The van der Waals surface area contributed by atoms with Crippen LogP contribution in [0.2, 0.25) is 0 Å². The van der Waals surface area contributed by atoms with Gasteiger partial charge in [0.15, 0.2) is 0 Å². The van der Waals surface area contributed by atoms with E-state index in [0.717, 1.165) is 22.3 Å². The first-order chi connectivity index (χ1) is 13.0. The van der Waals surface area contributed by atoms with E-state index in [1.807, 2.05) is 50.2 Å². The third-order valence-corrected chi connectivity index (χ3v) is 5.24. The van der Waals surface area contributed by atoms with Crippen molar-refractivity contribution < 1.29 is 9.90 Å². The molecule has 4 rings (SSSR count). The van der Waals surface area contributed by atoms with Crippen molar-refractivity contribution >= 4 is 16.8 Å². The molecule has 0 aliphatic carbocycles. The maximum atomic E-state index is 12.9. The van der Waals surface area contributed by atoms with E-state index in [1.54, 1.807) is 9.58 Å². The normalized spacial score (nSPS) is 19.7. The average molecular weight is 364 g/mol. The predicted octanol–water partition coefficient (Wildman–Crippen LogP) is 2.44. The highest BCUT2D eigenvalue weighted by Gasteiger charge is 2.35. The summed E-state index contributed by atoms with van der Waals surface area (Å²) in [5.41, 5.74) is 3.32. The van der Waals surface area contributed by atoms with Crippen LogP contribution in [0.4, 0.5) is 0 Å². The Morgan fingerprint density at radius 1 is 1.22 bits per heavy atom. The number of aryl methyl sites for hydroxylation is 2. The van der Waals surface area contributed by atoms with Crippen LogP contribution in [0.1, 0.15) is 28.8 Å². The quantitative estimate of drug-likeness (QED) is 0.772. The zero-order valence-electron chi connectivity index (χ0n) is 15.7. The lowest BCUT2D eigenvalue weighted by Crippen LogP contribution is -2.31. The second-order valence-electron chi connectivity index (χ2n) is 7.22. The van der Waals surface area contributed by atoms with Crippen molar-refractivity contribution in [2.75, 3.05) is 13.1 Å². The summed E-state index contributed by atoms with van der Waals surface area (Å²) in [4.78, 5) is 19.3. The maximum Gasteiger partial charge on any atom is 0.272 e. The lowest BCUT2D eigenvalue weighted by molar-refractivity contribution is 0.0752. The molecule has 2 aromatic heterocycles. The number of hydrogen-bond donors (Lipinski definition) is 1. The summed E-state index contributed by atoms with van der Waals surface area (Å²) in [5.74, 6) is -0.0767. The van der Waals surface area contributed by atoms with Crippen molar-refractivity contribution in [3.05, 3.63) is 59.5 Å². The number of carbonyl (C=O) groups excluding carboxylic acids is 1. The number of rotatable bonds is 4. The van der Waals surface area contributed by atoms with E-state index in [2.05, 4.69) is 11.2 Å². The molecule has 0 saturated carbocycles. The molecule has 2 atom stereocenters. The van der Waals surface area contributed by atoms with E-state index in [-0.39, 0.29) is 11.8 Å². The van der Waals surface area contributed by atoms with E-state index >= 15 is 0 Å². The van der Waals surface area contributed by atoms with E-state index in [0.29, 0.717) is 31.7 Å². The molecule has 140 valence electrons. The SMILES string of the molecule is CCn1nc(C)cc1C(=O)N1C[C@@H](Cc2ccc3ccccc3n2)[C@H](O)C1. The molecule has 0 unspecified atom stereocenters. The second kappa shape index (κ2) is 7.12. The smallest absolute Gasteiger partial charge is 0.272 e. The molecule has 0 bridgehead atoms. The zero-order valence-corrected chi connectivity index (χ0v) is 15.7. The van der Waals surface area contributed by atoms with E-state index in [4.69, 9.17) is 4.98 Å². The highest BCUT2D eigenvalue weighted by atomic mass is 16.3. The Hall–Kier alpha value is -2.73. The molecule has 1 N–H and O–H groups in total. The Bertz CT molecular complexity index is 981. The molecule has 1 fully saturated rings. The number of aromatic nitrogens is 3. The van der Waals surface area contributed by atoms with E-state index in [9.17, 15) is 9.90 Å². The van der Waals surface area contributed by atoms with Crippen LogP contribution >= 0.6 is 0 Å². The minimum atomic E-state index is -0.540. The molecule has 1 aliphatic rings. The summed E-state index contributed by atoms with van der Waals surface area (Å²) in [5, 5.41) is 16.0. The summed E-state index contributed by atoms with van der Waals surface area (Å²) >= 11 is 0. The number of β-amino-alcohol motifs (C(OH)–C–C–N with tert-alkyl or cyclic N) is 1. The minimum absolute atomic E-state index is 0.0123. The van der Waals surface area contributed by atoms with Gasteiger partial charge in [0.25, 0.3) is 5.91 Å². The third-order valence-electron chi connectivity index (χ3n) is 5.24. The summed E-state index contributed by atoms with van der Waals surface area (Å²) in [7, 11) is 0. The fourth-order valence-corrected chi connectivity index (χ4v) is 3.83. The van der Waals surface area contributed by atoms with Crippen LogP contribution in [0.15, 0.2) is 42.5 Å². The average Bonchev–Trinajstić information content (AvgIpc) is 3.23. The van der Waals surface area contributed by atoms with Crippen LogP contribution < -0.4 is 0 Å². The molecular weight excluding hydrogens is 340 g/mol. The Morgan fingerprint density at radius 3 is 2.85 bits per heavy atom. The van der Waals surface area contributed by atoms with Gasteiger partial charge in [-0.2, -0.15) is 5.10 Å². The standard InChI is InChI=1S/C21H24N4O2/c1-3-25-19(10-14(2)23-25)21(27)24-12-16(20(26)13-24)11-17-9-8-15-6-4-5-7-18(15)22-17/h4-10,16,20,26H,3,11-13H2,1-2H3/t16-,20-/m1/s1. The first kappa shape index (κ1) is 17.7. The molecule has 6 heteroatoms. The minimum Gasteiger partial charge on any atom is -0.391 e. The van der Waals surface area contributed by atoms with Gasteiger partial charge in [0.2, 0.25) is 0 Å². The van der Waals surface area contributed by atoms with Gasteiger partial charge in [-0.15, -0.1) is 0 Å². The number of aliphatic hydroxyl groups excluding tert-OH is 1. The van der Waals surface area contributed by atoms with Gasteiger partial charge in [0.05, 0.1) is 17.3 Å². The van der Waals surface area contributed by atoms with Gasteiger partial charge in [0.1, 0.15) is 5.69 Å². The lowest BCUT2D eigenvalue weighted by atomic mass is 9.99. The molecule has 1 aromatic carbocycles.